The molecule has 0 atom stereocenters. The van der Waals surface area contributed by atoms with Crippen LogP contribution >= 0.6 is 0 Å². The molecule has 6 heteroatoms. The largest absolute Gasteiger partial charge is 0.481 e. The van der Waals surface area contributed by atoms with Crippen LogP contribution in [0.1, 0.15) is 11.1 Å². The first-order chi connectivity index (χ1) is 9.58. The van der Waals surface area contributed by atoms with Gasteiger partial charge in [-0.3, -0.25) is 10.1 Å². The SMILES string of the molecule is COc1ccc(CNc2cc(C)cc([N+](=O)[O-])c2)cn1. The van der Waals surface area contributed by atoms with Gasteiger partial charge in [0, 0.05) is 36.6 Å². The van der Waals surface area contributed by atoms with Crippen molar-refractivity contribution in [2.75, 3.05) is 12.4 Å². The number of nitro benzene ring substituents is 1. The molecule has 0 saturated heterocycles. The fourth-order valence-corrected chi connectivity index (χ4v) is 1.81. The molecule has 104 valence electrons. The number of aryl methyl sites for hydroxylation is 1. The Bertz CT molecular complexity index is 612. The third kappa shape index (κ3) is 3.44. The van der Waals surface area contributed by atoms with Crippen LogP contribution in [0.15, 0.2) is 36.5 Å². The maximum Gasteiger partial charge on any atom is 0.271 e. The van der Waals surface area contributed by atoms with E-state index in [-0.39, 0.29) is 5.69 Å². The van der Waals surface area contributed by atoms with E-state index in [0.717, 1.165) is 11.1 Å². The van der Waals surface area contributed by atoms with Crippen molar-refractivity contribution in [2.45, 2.75) is 13.5 Å². The molecule has 0 fully saturated rings. The van der Waals surface area contributed by atoms with Crippen LogP contribution in [-0.2, 0) is 6.54 Å². The number of benzene rings is 1. The minimum absolute atomic E-state index is 0.0837. The standard InChI is InChI=1S/C14H15N3O3/c1-10-5-12(7-13(6-10)17(18)19)15-8-11-3-4-14(20-2)16-9-11/h3-7,9,15H,8H2,1-2H3. The molecule has 0 saturated carbocycles. The van der Waals surface area contributed by atoms with Crippen molar-refractivity contribution in [3.63, 3.8) is 0 Å². The average Bonchev–Trinajstić information content (AvgIpc) is 2.45. The number of nitrogens with zero attached hydrogens (tertiary/aromatic N) is 2. The fraction of sp³-hybridized carbons (Fsp3) is 0.214. The lowest BCUT2D eigenvalue weighted by Crippen LogP contribution is -2.01. The van der Waals surface area contributed by atoms with Gasteiger partial charge >= 0.3 is 0 Å². The monoisotopic (exact) mass is 273 g/mol. The molecule has 1 aromatic carbocycles. The summed E-state index contributed by atoms with van der Waals surface area (Å²) >= 11 is 0. The molecular formula is C14H15N3O3. The van der Waals surface area contributed by atoms with Gasteiger partial charge in [-0.1, -0.05) is 6.07 Å². The highest BCUT2D eigenvalue weighted by Gasteiger charge is 2.07. The van der Waals surface area contributed by atoms with Crippen molar-refractivity contribution in [3.05, 3.63) is 57.8 Å². The molecule has 20 heavy (non-hydrogen) atoms. The van der Waals surface area contributed by atoms with E-state index < -0.39 is 4.92 Å². The average molecular weight is 273 g/mol. The molecule has 1 aromatic heterocycles. The van der Waals surface area contributed by atoms with Crippen molar-refractivity contribution in [1.82, 2.24) is 4.98 Å². The van der Waals surface area contributed by atoms with Gasteiger partial charge in [0.25, 0.3) is 5.69 Å². The lowest BCUT2D eigenvalue weighted by Gasteiger charge is -2.08. The number of non-ortho nitro benzene ring substituents is 1. The highest BCUT2D eigenvalue weighted by atomic mass is 16.6. The van der Waals surface area contributed by atoms with E-state index in [4.69, 9.17) is 4.74 Å². The smallest absolute Gasteiger partial charge is 0.271 e. The zero-order valence-electron chi connectivity index (χ0n) is 11.3. The first-order valence-electron chi connectivity index (χ1n) is 6.07. The number of hydrogen-bond donors (Lipinski definition) is 1. The molecule has 2 aromatic rings. The lowest BCUT2D eigenvalue weighted by atomic mass is 10.2. The van der Waals surface area contributed by atoms with Crippen LogP contribution in [0.4, 0.5) is 11.4 Å². The Kier molecular flexibility index (Phi) is 4.14. The predicted octanol–water partition coefficient (Wildman–Crippen LogP) is 2.92. The van der Waals surface area contributed by atoms with Crippen LogP contribution in [0.2, 0.25) is 0 Å². The number of hydrogen-bond acceptors (Lipinski definition) is 5. The van der Waals surface area contributed by atoms with Gasteiger partial charge in [-0.05, 0) is 24.1 Å². The summed E-state index contributed by atoms with van der Waals surface area (Å²) in [4.78, 5) is 14.5. The van der Waals surface area contributed by atoms with E-state index in [9.17, 15) is 10.1 Å². The minimum Gasteiger partial charge on any atom is -0.481 e. The van der Waals surface area contributed by atoms with Crippen LogP contribution in [0, 0.1) is 17.0 Å². The molecular weight excluding hydrogens is 258 g/mol. The summed E-state index contributed by atoms with van der Waals surface area (Å²) in [5.41, 5.74) is 2.61. The van der Waals surface area contributed by atoms with Gasteiger partial charge in [-0.2, -0.15) is 0 Å². The quantitative estimate of drug-likeness (QED) is 0.669. The van der Waals surface area contributed by atoms with Gasteiger partial charge in [0.1, 0.15) is 0 Å². The molecule has 2 rings (SSSR count). The lowest BCUT2D eigenvalue weighted by molar-refractivity contribution is -0.384. The number of aromatic nitrogens is 1. The zero-order chi connectivity index (χ0) is 14.5. The number of ether oxygens (including phenoxy) is 1. The fourth-order valence-electron chi connectivity index (χ4n) is 1.81. The molecule has 1 N–H and O–H groups in total. The number of methoxy groups -OCH3 is 1. The third-order valence-corrected chi connectivity index (χ3v) is 2.78. The second-order valence-electron chi connectivity index (χ2n) is 4.38. The van der Waals surface area contributed by atoms with Crippen LogP contribution in [0.3, 0.4) is 0 Å². The summed E-state index contributed by atoms with van der Waals surface area (Å²) in [6, 6.07) is 8.59. The Morgan fingerprint density at radius 3 is 2.75 bits per heavy atom. The Balaban J connectivity index is 2.08. The summed E-state index contributed by atoms with van der Waals surface area (Å²) in [6.07, 6.45) is 1.70. The summed E-state index contributed by atoms with van der Waals surface area (Å²) in [5.74, 6) is 0.556. The molecule has 0 aliphatic carbocycles. The molecule has 0 amide bonds. The van der Waals surface area contributed by atoms with Crippen molar-refractivity contribution >= 4 is 11.4 Å². The summed E-state index contributed by atoms with van der Waals surface area (Å²) in [6.45, 7) is 2.37. The van der Waals surface area contributed by atoms with Gasteiger partial charge in [-0.25, -0.2) is 4.98 Å². The normalized spacial score (nSPS) is 10.1. The van der Waals surface area contributed by atoms with Gasteiger partial charge in [0.05, 0.1) is 12.0 Å². The minimum atomic E-state index is -0.396. The molecule has 1 heterocycles. The van der Waals surface area contributed by atoms with Crippen molar-refractivity contribution in [2.24, 2.45) is 0 Å². The molecule has 0 bridgehead atoms. The Hall–Kier alpha value is -2.63. The number of rotatable bonds is 5. The summed E-state index contributed by atoms with van der Waals surface area (Å²) in [7, 11) is 1.56. The van der Waals surface area contributed by atoms with E-state index in [1.807, 2.05) is 19.1 Å². The maximum absolute atomic E-state index is 10.8. The Labute approximate surface area is 116 Å². The van der Waals surface area contributed by atoms with Crippen molar-refractivity contribution in [1.29, 1.82) is 0 Å². The van der Waals surface area contributed by atoms with Gasteiger partial charge in [0.2, 0.25) is 5.88 Å². The highest BCUT2D eigenvalue weighted by Crippen LogP contribution is 2.21. The molecule has 0 aliphatic heterocycles. The van der Waals surface area contributed by atoms with Crippen LogP contribution < -0.4 is 10.1 Å². The second kappa shape index (κ2) is 6.01. The number of pyridine rings is 1. The zero-order valence-corrected chi connectivity index (χ0v) is 11.3. The van der Waals surface area contributed by atoms with Gasteiger partial charge < -0.3 is 10.1 Å². The van der Waals surface area contributed by atoms with E-state index >= 15 is 0 Å². The van der Waals surface area contributed by atoms with Crippen molar-refractivity contribution in [3.8, 4) is 5.88 Å². The van der Waals surface area contributed by atoms with E-state index in [1.165, 1.54) is 6.07 Å². The summed E-state index contributed by atoms with van der Waals surface area (Å²) < 4.78 is 4.98. The van der Waals surface area contributed by atoms with Crippen molar-refractivity contribution < 1.29 is 9.66 Å². The molecule has 0 radical (unpaired) electrons. The van der Waals surface area contributed by atoms with Crippen LogP contribution in [0.25, 0.3) is 0 Å². The van der Waals surface area contributed by atoms with E-state index in [0.29, 0.717) is 18.1 Å². The maximum atomic E-state index is 10.8. The first-order valence-corrected chi connectivity index (χ1v) is 6.07. The second-order valence-corrected chi connectivity index (χ2v) is 4.38. The summed E-state index contributed by atoms with van der Waals surface area (Å²) in [5, 5.41) is 14.0. The number of nitro groups is 1. The highest BCUT2D eigenvalue weighted by molar-refractivity contribution is 5.54. The van der Waals surface area contributed by atoms with Crippen LogP contribution in [0.5, 0.6) is 5.88 Å². The van der Waals surface area contributed by atoms with Crippen LogP contribution in [-0.4, -0.2) is 17.0 Å². The number of anilines is 1. The van der Waals surface area contributed by atoms with Gasteiger partial charge in [0.15, 0.2) is 0 Å². The van der Waals surface area contributed by atoms with E-state index in [2.05, 4.69) is 10.3 Å². The molecule has 0 spiro atoms. The predicted molar refractivity (Wildman–Crippen MR) is 75.9 cm³/mol. The first kappa shape index (κ1) is 13.8. The Morgan fingerprint density at radius 2 is 2.15 bits per heavy atom. The molecule has 0 aliphatic rings. The molecule has 0 unspecified atom stereocenters. The topological polar surface area (TPSA) is 77.3 Å². The van der Waals surface area contributed by atoms with Gasteiger partial charge in [-0.15, -0.1) is 0 Å². The number of nitrogens with one attached hydrogen (secondary N) is 1. The van der Waals surface area contributed by atoms with E-state index in [1.54, 1.807) is 25.4 Å². The Morgan fingerprint density at radius 1 is 1.35 bits per heavy atom. The molecule has 6 nitrogen and oxygen atoms in total. The third-order valence-electron chi connectivity index (χ3n) is 2.78.